The fourth-order valence-corrected chi connectivity index (χ4v) is 6.91. The summed E-state index contributed by atoms with van der Waals surface area (Å²) in [5.74, 6) is 3.39. The van der Waals surface area contributed by atoms with E-state index in [1.807, 2.05) is 103 Å². The number of anilines is 3. The number of ether oxygens (including phenoxy) is 1. The van der Waals surface area contributed by atoms with E-state index in [-0.39, 0.29) is 0 Å². The molecule has 0 saturated heterocycles. The fraction of sp³-hybridized carbons (Fsp3) is 0. The number of furan rings is 1. The predicted octanol–water partition coefficient (Wildman–Crippen LogP) is 12.0. The van der Waals surface area contributed by atoms with Crippen LogP contribution in [-0.2, 0) is 0 Å². The van der Waals surface area contributed by atoms with Gasteiger partial charge in [0, 0.05) is 33.2 Å². The van der Waals surface area contributed by atoms with Gasteiger partial charge in [-0.1, -0.05) is 121 Å². The Kier molecular flexibility index (Phi) is 6.70. The van der Waals surface area contributed by atoms with E-state index in [0.29, 0.717) is 17.5 Å². The average Bonchev–Trinajstić information content (AvgIpc) is 3.59. The molecule has 1 aliphatic rings. The third kappa shape index (κ3) is 5.01. The highest BCUT2D eigenvalue weighted by molar-refractivity contribution is 6.13. The lowest BCUT2D eigenvalue weighted by Crippen LogP contribution is -2.15. The molecule has 1 aliphatic heterocycles. The van der Waals surface area contributed by atoms with Gasteiger partial charge in [0.2, 0.25) is 0 Å². The summed E-state index contributed by atoms with van der Waals surface area (Å²) in [7, 11) is 0. The van der Waals surface area contributed by atoms with Gasteiger partial charge in [-0.15, -0.1) is 0 Å². The van der Waals surface area contributed by atoms with Crippen LogP contribution >= 0.6 is 0 Å². The molecule has 0 radical (unpaired) electrons. The van der Waals surface area contributed by atoms with Gasteiger partial charge in [-0.05, 0) is 59.7 Å². The largest absolute Gasteiger partial charge is 0.456 e. The van der Waals surface area contributed by atoms with Crippen LogP contribution < -0.4 is 9.64 Å². The molecule has 0 unspecified atom stereocenters. The Balaban J connectivity index is 1.16. The lowest BCUT2D eigenvalue weighted by molar-refractivity contribution is 0.477. The predicted molar refractivity (Wildman–Crippen MR) is 204 cm³/mol. The quantitative estimate of drug-likeness (QED) is 0.184. The molecule has 0 atom stereocenters. The van der Waals surface area contributed by atoms with Crippen LogP contribution in [0.3, 0.4) is 0 Å². The van der Waals surface area contributed by atoms with Gasteiger partial charge >= 0.3 is 0 Å². The number of hydrogen-bond acceptors (Lipinski definition) is 6. The van der Waals surface area contributed by atoms with Crippen molar-refractivity contribution in [1.82, 2.24) is 15.0 Å². The van der Waals surface area contributed by atoms with Crippen LogP contribution in [-0.4, -0.2) is 15.0 Å². The Bertz CT molecular complexity index is 2670. The Morgan fingerprint density at radius 3 is 1.76 bits per heavy atom. The molecule has 0 fully saturated rings. The molecule has 10 rings (SSSR count). The zero-order chi connectivity index (χ0) is 33.7. The van der Waals surface area contributed by atoms with Crippen molar-refractivity contribution in [2.75, 3.05) is 4.90 Å². The minimum absolute atomic E-state index is 0.580. The van der Waals surface area contributed by atoms with Gasteiger partial charge in [0.1, 0.15) is 11.2 Å². The van der Waals surface area contributed by atoms with Crippen molar-refractivity contribution in [2.24, 2.45) is 0 Å². The summed E-state index contributed by atoms with van der Waals surface area (Å²) in [4.78, 5) is 17.3. The first-order valence-corrected chi connectivity index (χ1v) is 16.9. The summed E-state index contributed by atoms with van der Waals surface area (Å²) < 4.78 is 13.0. The van der Waals surface area contributed by atoms with Gasteiger partial charge in [0.25, 0.3) is 0 Å². The van der Waals surface area contributed by atoms with Crippen molar-refractivity contribution in [3.8, 4) is 56.8 Å². The number of para-hydroxylation sites is 2. The lowest BCUT2D eigenvalue weighted by Gasteiger charge is -2.33. The van der Waals surface area contributed by atoms with Crippen LogP contribution in [0.25, 0.3) is 67.2 Å². The van der Waals surface area contributed by atoms with Crippen LogP contribution in [0.1, 0.15) is 0 Å². The second kappa shape index (κ2) is 11.8. The first kappa shape index (κ1) is 28.9. The number of rotatable bonds is 5. The molecule has 6 nitrogen and oxygen atoms in total. The maximum atomic E-state index is 6.52. The maximum absolute atomic E-state index is 6.52. The molecule has 51 heavy (non-hydrogen) atoms. The fourth-order valence-electron chi connectivity index (χ4n) is 6.91. The number of hydrogen-bond donors (Lipinski definition) is 0. The summed E-state index contributed by atoms with van der Waals surface area (Å²) >= 11 is 0. The van der Waals surface area contributed by atoms with Crippen molar-refractivity contribution < 1.29 is 9.15 Å². The van der Waals surface area contributed by atoms with E-state index in [0.717, 1.165) is 78.3 Å². The van der Waals surface area contributed by atoms with E-state index in [2.05, 4.69) is 71.6 Å². The van der Waals surface area contributed by atoms with E-state index in [9.17, 15) is 0 Å². The van der Waals surface area contributed by atoms with Gasteiger partial charge in [-0.25, -0.2) is 15.0 Å². The smallest absolute Gasteiger partial charge is 0.164 e. The molecule has 0 saturated carbocycles. The third-order valence-corrected chi connectivity index (χ3v) is 9.31. The molecule has 240 valence electrons. The van der Waals surface area contributed by atoms with E-state index in [4.69, 9.17) is 24.1 Å². The molecule has 0 spiro atoms. The number of aromatic nitrogens is 3. The van der Waals surface area contributed by atoms with Gasteiger partial charge in [0.05, 0.1) is 11.4 Å². The van der Waals surface area contributed by atoms with Crippen LogP contribution in [0.4, 0.5) is 17.1 Å². The molecule has 7 aromatic carbocycles. The SMILES string of the molecule is c1ccc(-c2ccc3c(c2)Oc2ccccc2N3c2ccc3oc4cccc(-c5nc(-c6ccccc6)nc(-c6ccccc6)n5)c4c3c2)cc1. The molecular formula is C45H28N4O2. The van der Waals surface area contributed by atoms with Crippen molar-refractivity contribution >= 4 is 39.0 Å². The Hall–Kier alpha value is -7.05. The van der Waals surface area contributed by atoms with E-state index >= 15 is 0 Å². The van der Waals surface area contributed by atoms with Gasteiger partial charge in [-0.2, -0.15) is 0 Å². The minimum Gasteiger partial charge on any atom is -0.456 e. The minimum atomic E-state index is 0.580. The van der Waals surface area contributed by atoms with E-state index in [1.165, 1.54) is 0 Å². The normalized spacial score (nSPS) is 12.0. The van der Waals surface area contributed by atoms with Crippen LogP contribution in [0, 0.1) is 0 Å². The van der Waals surface area contributed by atoms with Crippen molar-refractivity contribution in [3.05, 3.63) is 170 Å². The highest BCUT2D eigenvalue weighted by Crippen LogP contribution is 2.52. The van der Waals surface area contributed by atoms with Gasteiger partial charge in [-0.3, -0.25) is 0 Å². The van der Waals surface area contributed by atoms with Crippen LogP contribution in [0.5, 0.6) is 11.5 Å². The van der Waals surface area contributed by atoms with Crippen LogP contribution in [0.2, 0.25) is 0 Å². The summed E-state index contributed by atoms with van der Waals surface area (Å²) in [6.07, 6.45) is 0. The molecular weight excluding hydrogens is 629 g/mol. The van der Waals surface area contributed by atoms with Gasteiger partial charge < -0.3 is 14.1 Å². The number of nitrogens with zero attached hydrogens (tertiary/aromatic N) is 4. The summed E-state index contributed by atoms with van der Waals surface area (Å²) in [5, 5.41) is 1.91. The van der Waals surface area contributed by atoms with Crippen LogP contribution in [0.15, 0.2) is 174 Å². The van der Waals surface area contributed by atoms with Crippen molar-refractivity contribution in [2.45, 2.75) is 0 Å². The monoisotopic (exact) mass is 656 g/mol. The zero-order valence-corrected chi connectivity index (χ0v) is 27.3. The van der Waals surface area contributed by atoms with E-state index < -0.39 is 0 Å². The van der Waals surface area contributed by atoms with Crippen molar-refractivity contribution in [3.63, 3.8) is 0 Å². The number of benzene rings is 7. The molecule has 0 bridgehead atoms. The first-order chi connectivity index (χ1) is 25.3. The zero-order valence-electron chi connectivity index (χ0n) is 27.3. The second-order valence-corrected chi connectivity index (χ2v) is 12.5. The molecule has 0 amide bonds. The molecule has 0 aliphatic carbocycles. The Morgan fingerprint density at radius 1 is 0.412 bits per heavy atom. The van der Waals surface area contributed by atoms with Gasteiger partial charge in [0.15, 0.2) is 29.0 Å². The summed E-state index contributed by atoms with van der Waals surface area (Å²) in [6, 6.07) is 57.4. The molecule has 9 aromatic rings. The maximum Gasteiger partial charge on any atom is 0.164 e. The Labute approximate surface area is 293 Å². The molecule has 2 aromatic heterocycles. The summed E-state index contributed by atoms with van der Waals surface area (Å²) in [6.45, 7) is 0. The standard InChI is InChI=1S/C45H28N4O2/c1-4-13-29(14-5-1)32-23-25-37-41(27-32)51-39-21-11-10-20-36(39)49(37)33-24-26-38-35(28-33)42-34(19-12-22-40(42)50-38)45-47-43(30-15-6-2-7-16-30)46-44(48-45)31-17-8-3-9-18-31/h1-28H. The summed E-state index contributed by atoms with van der Waals surface area (Å²) in [5.41, 5.74) is 9.38. The topological polar surface area (TPSA) is 64.3 Å². The van der Waals surface area contributed by atoms with E-state index in [1.54, 1.807) is 0 Å². The average molecular weight is 657 g/mol. The second-order valence-electron chi connectivity index (χ2n) is 12.5. The lowest BCUT2D eigenvalue weighted by atomic mass is 10.0. The Morgan fingerprint density at radius 2 is 1.04 bits per heavy atom. The molecule has 6 heteroatoms. The molecule has 0 N–H and O–H groups in total. The van der Waals surface area contributed by atoms with Crippen molar-refractivity contribution in [1.29, 1.82) is 0 Å². The number of fused-ring (bicyclic) bond motifs is 5. The first-order valence-electron chi connectivity index (χ1n) is 16.9. The third-order valence-electron chi connectivity index (χ3n) is 9.31. The highest BCUT2D eigenvalue weighted by atomic mass is 16.5. The highest BCUT2D eigenvalue weighted by Gasteiger charge is 2.27. The molecule has 3 heterocycles.